The van der Waals surface area contributed by atoms with Crippen LogP contribution >= 0.6 is 0 Å². The molecule has 2 rings (SSSR count). The summed E-state index contributed by atoms with van der Waals surface area (Å²) in [6.45, 7) is 2.12. The van der Waals surface area contributed by atoms with Gasteiger partial charge in [0.25, 0.3) is 0 Å². The molecular formula is C14H21N3O2. The maximum Gasteiger partial charge on any atom is 0.250 e. The highest BCUT2D eigenvalue weighted by Gasteiger charge is 2.14. The van der Waals surface area contributed by atoms with Crippen molar-refractivity contribution >= 4 is 11.6 Å². The molecule has 2 N–H and O–H groups in total. The van der Waals surface area contributed by atoms with Gasteiger partial charge >= 0.3 is 0 Å². The van der Waals surface area contributed by atoms with Crippen LogP contribution in [0.25, 0.3) is 0 Å². The first kappa shape index (κ1) is 13.8. The van der Waals surface area contributed by atoms with Gasteiger partial charge in [-0.2, -0.15) is 0 Å². The van der Waals surface area contributed by atoms with E-state index in [2.05, 4.69) is 10.6 Å². The third-order valence-electron chi connectivity index (χ3n) is 3.55. The lowest BCUT2D eigenvalue weighted by atomic mass is 9.94. The number of carbonyl (C=O) groups excluding carboxylic acids is 1. The largest absolute Gasteiger partial charge is 0.325 e. The first-order valence-corrected chi connectivity index (χ1v) is 6.82. The van der Waals surface area contributed by atoms with E-state index < -0.39 is 0 Å². The van der Waals surface area contributed by atoms with Crippen LogP contribution in [0.3, 0.4) is 0 Å². The van der Waals surface area contributed by atoms with E-state index in [1.807, 2.05) is 0 Å². The number of aromatic nitrogens is 1. The highest BCUT2D eigenvalue weighted by Crippen LogP contribution is 2.16. The zero-order chi connectivity index (χ0) is 13.7. The summed E-state index contributed by atoms with van der Waals surface area (Å²) in [7, 11) is 1.67. The van der Waals surface area contributed by atoms with E-state index in [1.54, 1.807) is 19.3 Å². The molecule has 1 saturated heterocycles. The van der Waals surface area contributed by atoms with Crippen molar-refractivity contribution < 1.29 is 4.79 Å². The number of aryl methyl sites for hydroxylation is 1. The Morgan fingerprint density at radius 2 is 2.37 bits per heavy atom. The molecule has 1 atom stereocenters. The maximum atomic E-state index is 11.8. The number of anilines is 1. The lowest BCUT2D eigenvalue weighted by Gasteiger charge is -2.22. The number of rotatable bonds is 4. The second-order valence-electron chi connectivity index (χ2n) is 5.17. The zero-order valence-corrected chi connectivity index (χ0v) is 11.3. The van der Waals surface area contributed by atoms with Crippen molar-refractivity contribution in [3.8, 4) is 0 Å². The van der Waals surface area contributed by atoms with Crippen LogP contribution in [-0.4, -0.2) is 23.6 Å². The number of hydrogen-bond donors (Lipinski definition) is 2. The van der Waals surface area contributed by atoms with Gasteiger partial charge in [0.1, 0.15) is 0 Å². The van der Waals surface area contributed by atoms with Crippen LogP contribution in [0.15, 0.2) is 23.1 Å². The minimum absolute atomic E-state index is 0.0178. The molecule has 1 amide bonds. The highest BCUT2D eigenvalue weighted by molar-refractivity contribution is 5.90. The van der Waals surface area contributed by atoms with Gasteiger partial charge in [0.05, 0.1) is 5.69 Å². The monoisotopic (exact) mass is 263 g/mol. The summed E-state index contributed by atoms with van der Waals surface area (Å²) in [5.74, 6) is 0.629. The van der Waals surface area contributed by atoms with Crippen LogP contribution in [0.5, 0.6) is 0 Å². The van der Waals surface area contributed by atoms with Gasteiger partial charge in [0.2, 0.25) is 11.5 Å². The van der Waals surface area contributed by atoms with Gasteiger partial charge in [0.15, 0.2) is 0 Å². The van der Waals surface area contributed by atoms with Crippen molar-refractivity contribution in [2.24, 2.45) is 13.0 Å². The van der Waals surface area contributed by atoms with Gasteiger partial charge in [-0.1, -0.05) is 0 Å². The zero-order valence-electron chi connectivity index (χ0n) is 11.3. The third kappa shape index (κ3) is 4.21. The molecule has 0 bridgehead atoms. The number of piperidine rings is 1. The molecule has 2 heterocycles. The van der Waals surface area contributed by atoms with Gasteiger partial charge in [-0.3, -0.25) is 9.59 Å². The Hall–Kier alpha value is -1.62. The second-order valence-corrected chi connectivity index (χ2v) is 5.17. The Bertz CT molecular complexity index is 490. The molecule has 1 aliphatic rings. The average molecular weight is 263 g/mol. The second kappa shape index (κ2) is 6.52. The van der Waals surface area contributed by atoms with Crippen LogP contribution < -0.4 is 16.2 Å². The van der Waals surface area contributed by atoms with Crippen molar-refractivity contribution in [2.75, 3.05) is 18.4 Å². The Labute approximate surface area is 113 Å². The Kier molecular flexibility index (Phi) is 4.74. The molecule has 1 aliphatic heterocycles. The molecule has 5 nitrogen and oxygen atoms in total. The number of carbonyl (C=O) groups is 1. The Morgan fingerprint density at radius 1 is 1.53 bits per heavy atom. The van der Waals surface area contributed by atoms with Gasteiger partial charge < -0.3 is 15.2 Å². The summed E-state index contributed by atoms with van der Waals surface area (Å²) in [6, 6.07) is 3.10. The molecule has 0 radical (unpaired) electrons. The SMILES string of the molecule is Cn1cc(NC(=O)CCC2CCCNC2)ccc1=O. The van der Waals surface area contributed by atoms with Gasteiger partial charge in [-0.25, -0.2) is 0 Å². The minimum Gasteiger partial charge on any atom is -0.325 e. The molecule has 0 aromatic carbocycles. The molecule has 0 spiro atoms. The first-order chi connectivity index (χ1) is 9.15. The molecule has 5 heteroatoms. The molecule has 19 heavy (non-hydrogen) atoms. The molecule has 1 fully saturated rings. The van der Waals surface area contributed by atoms with E-state index in [9.17, 15) is 9.59 Å². The van der Waals surface area contributed by atoms with E-state index in [0.717, 1.165) is 19.5 Å². The normalized spacial score (nSPS) is 19.1. The van der Waals surface area contributed by atoms with Crippen molar-refractivity contribution in [3.63, 3.8) is 0 Å². The fraction of sp³-hybridized carbons (Fsp3) is 0.571. The molecular weight excluding hydrogens is 242 g/mol. The van der Waals surface area contributed by atoms with Crippen molar-refractivity contribution in [3.05, 3.63) is 28.7 Å². The Morgan fingerprint density at radius 3 is 3.05 bits per heavy atom. The number of nitrogens with zero attached hydrogens (tertiary/aromatic N) is 1. The van der Waals surface area contributed by atoms with Crippen molar-refractivity contribution in [1.29, 1.82) is 0 Å². The van der Waals surface area contributed by atoms with E-state index in [1.165, 1.54) is 23.5 Å². The van der Waals surface area contributed by atoms with Crippen LogP contribution in [0.4, 0.5) is 5.69 Å². The predicted molar refractivity (Wildman–Crippen MR) is 75.1 cm³/mol. The lowest BCUT2D eigenvalue weighted by Crippen LogP contribution is -2.30. The molecule has 0 saturated carbocycles. The summed E-state index contributed by atoms with van der Waals surface area (Å²) in [5.41, 5.74) is 0.597. The quantitative estimate of drug-likeness (QED) is 0.855. The molecule has 1 aromatic rings. The number of hydrogen-bond acceptors (Lipinski definition) is 3. The predicted octanol–water partition coefficient (Wildman–Crippen LogP) is 1.10. The smallest absolute Gasteiger partial charge is 0.250 e. The molecule has 1 unspecified atom stereocenters. The van der Waals surface area contributed by atoms with E-state index >= 15 is 0 Å². The first-order valence-electron chi connectivity index (χ1n) is 6.82. The van der Waals surface area contributed by atoms with Crippen LogP contribution in [0.1, 0.15) is 25.7 Å². The number of pyridine rings is 1. The van der Waals surface area contributed by atoms with E-state index in [0.29, 0.717) is 18.0 Å². The average Bonchev–Trinajstić information content (AvgIpc) is 2.42. The van der Waals surface area contributed by atoms with E-state index in [4.69, 9.17) is 0 Å². The highest BCUT2D eigenvalue weighted by atomic mass is 16.1. The molecule has 1 aromatic heterocycles. The standard InChI is InChI=1S/C14H21N3O2/c1-17-10-12(5-7-14(17)19)16-13(18)6-4-11-3-2-8-15-9-11/h5,7,10-11,15H,2-4,6,8-9H2,1H3,(H,16,18). The minimum atomic E-state index is -0.0775. The summed E-state index contributed by atoms with van der Waals surface area (Å²) in [5, 5.41) is 6.18. The summed E-state index contributed by atoms with van der Waals surface area (Å²) in [4.78, 5) is 23.1. The fourth-order valence-corrected chi connectivity index (χ4v) is 2.40. The lowest BCUT2D eigenvalue weighted by molar-refractivity contribution is -0.116. The van der Waals surface area contributed by atoms with Crippen LogP contribution in [0, 0.1) is 5.92 Å². The van der Waals surface area contributed by atoms with Crippen LogP contribution in [-0.2, 0) is 11.8 Å². The van der Waals surface area contributed by atoms with Gasteiger partial charge in [-0.15, -0.1) is 0 Å². The summed E-state index contributed by atoms with van der Waals surface area (Å²) in [6.07, 6.45) is 5.51. The summed E-state index contributed by atoms with van der Waals surface area (Å²) < 4.78 is 1.46. The topological polar surface area (TPSA) is 63.1 Å². The maximum absolute atomic E-state index is 11.8. The fourth-order valence-electron chi connectivity index (χ4n) is 2.40. The van der Waals surface area contributed by atoms with Gasteiger partial charge in [0, 0.05) is 25.7 Å². The van der Waals surface area contributed by atoms with Crippen molar-refractivity contribution in [2.45, 2.75) is 25.7 Å². The third-order valence-corrected chi connectivity index (χ3v) is 3.55. The molecule has 104 valence electrons. The van der Waals surface area contributed by atoms with Crippen LogP contribution in [0.2, 0.25) is 0 Å². The van der Waals surface area contributed by atoms with Gasteiger partial charge in [-0.05, 0) is 44.3 Å². The van der Waals surface area contributed by atoms with Crippen molar-refractivity contribution in [1.82, 2.24) is 9.88 Å². The number of amides is 1. The van der Waals surface area contributed by atoms with E-state index in [-0.39, 0.29) is 11.5 Å². The Balaban J connectivity index is 1.80. The molecule has 0 aliphatic carbocycles. The number of nitrogens with one attached hydrogen (secondary N) is 2. The summed E-state index contributed by atoms with van der Waals surface area (Å²) >= 11 is 0.